The first kappa shape index (κ1) is 18.3. The molecule has 0 bridgehead atoms. The smallest absolute Gasteiger partial charge is 0.0862 e. The van der Waals surface area contributed by atoms with Gasteiger partial charge in [-0.25, -0.2) is 0 Å². The Balaban J connectivity index is 0.00000192. The lowest BCUT2D eigenvalue weighted by Gasteiger charge is -2.31. The SMILES string of the molecule is CCc1ccccc1SC(c1ccccc1)[C@H]1CNCCO1.Cl. The highest BCUT2D eigenvalue weighted by Gasteiger charge is 2.27. The predicted octanol–water partition coefficient (Wildman–Crippen LogP) is 4.49. The molecule has 1 N–H and O–H groups in total. The Morgan fingerprint density at radius 3 is 2.57 bits per heavy atom. The second-order valence-corrected chi connectivity index (χ2v) is 6.71. The number of rotatable bonds is 5. The number of aryl methyl sites for hydroxylation is 1. The van der Waals surface area contributed by atoms with Crippen molar-refractivity contribution in [1.82, 2.24) is 5.32 Å². The largest absolute Gasteiger partial charge is 0.374 e. The van der Waals surface area contributed by atoms with E-state index in [-0.39, 0.29) is 18.5 Å². The molecule has 0 radical (unpaired) electrons. The summed E-state index contributed by atoms with van der Waals surface area (Å²) >= 11 is 1.93. The molecule has 2 atom stereocenters. The van der Waals surface area contributed by atoms with Crippen LogP contribution in [0.1, 0.15) is 23.3 Å². The van der Waals surface area contributed by atoms with Crippen LogP contribution in [-0.2, 0) is 11.2 Å². The maximum Gasteiger partial charge on any atom is 0.0862 e. The molecule has 2 aromatic carbocycles. The van der Waals surface area contributed by atoms with Crippen LogP contribution in [0.4, 0.5) is 0 Å². The van der Waals surface area contributed by atoms with Crippen molar-refractivity contribution >= 4 is 24.2 Å². The Labute approximate surface area is 149 Å². The molecule has 23 heavy (non-hydrogen) atoms. The minimum Gasteiger partial charge on any atom is -0.374 e. The van der Waals surface area contributed by atoms with E-state index in [0.717, 1.165) is 26.1 Å². The van der Waals surface area contributed by atoms with Gasteiger partial charge >= 0.3 is 0 Å². The van der Waals surface area contributed by atoms with E-state index in [1.807, 2.05) is 11.8 Å². The Hall–Kier alpha value is -1.00. The summed E-state index contributed by atoms with van der Waals surface area (Å²) in [7, 11) is 0. The highest BCUT2D eigenvalue weighted by Crippen LogP contribution is 2.40. The van der Waals surface area contributed by atoms with Crippen molar-refractivity contribution in [2.24, 2.45) is 0 Å². The fourth-order valence-corrected chi connectivity index (χ4v) is 4.24. The summed E-state index contributed by atoms with van der Waals surface area (Å²) < 4.78 is 6.06. The maximum absolute atomic E-state index is 6.06. The van der Waals surface area contributed by atoms with Crippen LogP contribution in [0.25, 0.3) is 0 Å². The van der Waals surface area contributed by atoms with E-state index in [0.29, 0.717) is 5.25 Å². The predicted molar refractivity (Wildman–Crippen MR) is 101 cm³/mol. The van der Waals surface area contributed by atoms with Gasteiger partial charge in [-0.2, -0.15) is 0 Å². The standard InChI is InChI=1S/C19H23NOS.ClH/c1-2-15-8-6-7-11-18(15)22-19(16-9-4-3-5-10-16)17-14-20-12-13-21-17;/h3-11,17,19-20H,2,12-14H2,1H3;1H/t17-,19?;/m1./s1. The van der Waals surface area contributed by atoms with E-state index in [1.165, 1.54) is 16.0 Å². The molecule has 1 fully saturated rings. The van der Waals surface area contributed by atoms with Crippen LogP contribution < -0.4 is 5.32 Å². The van der Waals surface area contributed by atoms with Crippen molar-refractivity contribution in [2.45, 2.75) is 29.6 Å². The molecular formula is C19H24ClNOS. The number of benzene rings is 2. The molecule has 1 saturated heterocycles. The van der Waals surface area contributed by atoms with Crippen LogP contribution in [-0.4, -0.2) is 25.8 Å². The first-order valence-electron chi connectivity index (χ1n) is 8.00. The quantitative estimate of drug-likeness (QED) is 0.803. The number of thioether (sulfide) groups is 1. The molecule has 2 nitrogen and oxygen atoms in total. The van der Waals surface area contributed by atoms with E-state index in [2.05, 4.69) is 66.8 Å². The molecule has 1 aliphatic rings. The fourth-order valence-electron chi connectivity index (χ4n) is 2.83. The number of nitrogens with one attached hydrogen (secondary N) is 1. The molecule has 3 rings (SSSR count). The van der Waals surface area contributed by atoms with Crippen LogP contribution in [0.5, 0.6) is 0 Å². The molecule has 124 valence electrons. The second-order valence-electron chi connectivity index (χ2n) is 5.52. The molecule has 0 aliphatic carbocycles. The van der Waals surface area contributed by atoms with E-state index in [4.69, 9.17) is 4.74 Å². The van der Waals surface area contributed by atoms with E-state index in [1.54, 1.807) is 0 Å². The van der Waals surface area contributed by atoms with E-state index in [9.17, 15) is 0 Å². The van der Waals surface area contributed by atoms with Crippen molar-refractivity contribution in [2.75, 3.05) is 19.7 Å². The molecule has 0 spiro atoms. The summed E-state index contributed by atoms with van der Waals surface area (Å²) in [6.45, 7) is 4.88. The zero-order valence-electron chi connectivity index (χ0n) is 13.4. The second kappa shape index (κ2) is 9.33. The molecule has 0 aromatic heterocycles. The Kier molecular flexibility index (Phi) is 7.44. The molecule has 2 aromatic rings. The lowest BCUT2D eigenvalue weighted by atomic mass is 10.1. The summed E-state index contributed by atoms with van der Waals surface area (Å²) in [5, 5.41) is 3.78. The zero-order chi connectivity index (χ0) is 15.2. The van der Waals surface area contributed by atoms with Gasteiger partial charge in [0.15, 0.2) is 0 Å². The Bertz CT molecular complexity index is 587. The van der Waals surface area contributed by atoms with Crippen molar-refractivity contribution < 1.29 is 4.74 Å². The summed E-state index contributed by atoms with van der Waals surface area (Å²) in [6.07, 6.45) is 1.28. The van der Waals surface area contributed by atoms with Gasteiger partial charge in [-0.3, -0.25) is 0 Å². The molecule has 1 unspecified atom stereocenters. The van der Waals surface area contributed by atoms with Crippen molar-refractivity contribution in [1.29, 1.82) is 0 Å². The summed E-state index contributed by atoms with van der Waals surface area (Å²) in [4.78, 5) is 1.37. The minimum absolute atomic E-state index is 0. The molecule has 1 heterocycles. The monoisotopic (exact) mass is 349 g/mol. The Morgan fingerprint density at radius 1 is 1.13 bits per heavy atom. The summed E-state index contributed by atoms with van der Waals surface area (Å²) in [6, 6.07) is 19.4. The molecule has 1 aliphatic heterocycles. The fraction of sp³-hybridized carbons (Fsp3) is 0.368. The third-order valence-electron chi connectivity index (χ3n) is 4.03. The van der Waals surface area contributed by atoms with Crippen molar-refractivity contribution in [3.8, 4) is 0 Å². The molecular weight excluding hydrogens is 326 g/mol. The van der Waals surface area contributed by atoms with Gasteiger partial charge in [0, 0.05) is 18.0 Å². The number of ether oxygens (including phenoxy) is 1. The van der Waals surface area contributed by atoms with Gasteiger partial charge in [-0.05, 0) is 23.6 Å². The lowest BCUT2D eigenvalue weighted by Crippen LogP contribution is -2.41. The maximum atomic E-state index is 6.06. The third kappa shape index (κ3) is 4.74. The zero-order valence-corrected chi connectivity index (χ0v) is 15.0. The number of morpholine rings is 1. The normalized spacial score (nSPS) is 18.9. The topological polar surface area (TPSA) is 21.3 Å². The van der Waals surface area contributed by atoms with E-state index < -0.39 is 0 Å². The average Bonchev–Trinajstić information content (AvgIpc) is 2.61. The number of halogens is 1. The van der Waals surface area contributed by atoms with E-state index >= 15 is 0 Å². The molecule has 0 saturated carbocycles. The first-order valence-corrected chi connectivity index (χ1v) is 8.88. The highest BCUT2D eigenvalue weighted by atomic mass is 35.5. The number of hydrogen-bond donors (Lipinski definition) is 1. The van der Waals surface area contributed by atoms with Crippen molar-refractivity contribution in [3.63, 3.8) is 0 Å². The van der Waals surface area contributed by atoms with Gasteiger partial charge in [-0.15, -0.1) is 24.2 Å². The van der Waals surface area contributed by atoms with Crippen molar-refractivity contribution in [3.05, 3.63) is 65.7 Å². The minimum atomic E-state index is 0. The Morgan fingerprint density at radius 2 is 1.87 bits per heavy atom. The van der Waals surface area contributed by atoms with Gasteiger partial charge in [-0.1, -0.05) is 55.5 Å². The van der Waals surface area contributed by atoms with Crippen LogP contribution in [0.3, 0.4) is 0 Å². The van der Waals surface area contributed by atoms with Crippen LogP contribution in [0, 0.1) is 0 Å². The molecule has 4 heteroatoms. The average molecular weight is 350 g/mol. The van der Waals surface area contributed by atoms with Crippen LogP contribution in [0.15, 0.2) is 59.5 Å². The first-order chi connectivity index (χ1) is 10.9. The van der Waals surface area contributed by atoms with Gasteiger partial charge in [0.1, 0.15) is 0 Å². The van der Waals surface area contributed by atoms with Gasteiger partial charge in [0.2, 0.25) is 0 Å². The third-order valence-corrected chi connectivity index (χ3v) is 5.51. The molecule has 0 amide bonds. The lowest BCUT2D eigenvalue weighted by molar-refractivity contribution is 0.0273. The van der Waals surface area contributed by atoms with Gasteiger partial charge in [0.05, 0.1) is 18.0 Å². The van der Waals surface area contributed by atoms with Gasteiger partial charge < -0.3 is 10.1 Å². The number of hydrogen-bond acceptors (Lipinski definition) is 3. The highest BCUT2D eigenvalue weighted by molar-refractivity contribution is 7.99. The summed E-state index contributed by atoms with van der Waals surface area (Å²) in [5.74, 6) is 0. The van der Waals surface area contributed by atoms with Gasteiger partial charge in [0.25, 0.3) is 0 Å². The summed E-state index contributed by atoms with van der Waals surface area (Å²) in [5.41, 5.74) is 2.75. The van der Waals surface area contributed by atoms with Crippen LogP contribution >= 0.6 is 24.2 Å². The van der Waals surface area contributed by atoms with Crippen LogP contribution in [0.2, 0.25) is 0 Å².